The second-order valence-corrected chi connectivity index (χ2v) is 9.98. The highest BCUT2D eigenvalue weighted by Crippen LogP contribution is 2.31. The van der Waals surface area contributed by atoms with Gasteiger partial charge >= 0.3 is 6.18 Å². The summed E-state index contributed by atoms with van der Waals surface area (Å²) in [6, 6.07) is 3.86. The van der Waals surface area contributed by atoms with E-state index in [4.69, 9.17) is 9.47 Å². The van der Waals surface area contributed by atoms with E-state index in [1.165, 1.54) is 12.1 Å². The Morgan fingerprint density at radius 2 is 1.67 bits per heavy atom. The molecule has 1 fully saturated rings. The first-order valence-corrected chi connectivity index (χ1v) is 10.3. The molecule has 5 nitrogen and oxygen atoms in total. The lowest BCUT2D eigenvalue weighted by atomic mass is 10.0. The fourth-order valence-corrected chi connectivity index (χ4v) is 3.55. The van der Waals surface area contributed by atoms with E-state index in [1.807, 2.05) is 0 Å². The lowest BCUT2D eigenvalue weighted by Crippen LogP contribution is -2.41. The first kappa shape index (κ1) is 22.1. The molecule has 0 radical (unpaired) electrons. The van der Waals surface area contributed by atoms with Crippen LogP contribution in [0.15, 0.2) is 24.3 Å². The highest BCUT2D eigenvalue weighted by atomic mass is 32.2. The third-order valence-electron chi connectivity index (χ3n) is 4.33. The van der Waals surface area contributed by atoms with Crippen LogP contribution in [-0.4, -0.2) is 32.7 Å². The number of hydrogen-bond acceptors (Lipinski definition) is 4. The van der Waals surface area contributed by atoms with E-state index in [9.17, 15) is 21.6 Å². The lowest BCUT2D eigenvalue weighted by Gasteiger charge is -2.28. The van der Waals surface area contributed by atoms with Gasteiger partial charge in [-0.25, -0.2) is 13.1 Å². The number of sulfonamides is 1. The minimum atomic E-state index is -4.44. The molecule has 154 valence electrons. The predicted molar refractivity (Wildman–Crippen MR) is 95.5 cm³/mol. The van der Waals surface area contributed by atoms with Gasteiger partial charge in [0.15, 0.2) is 6.29 Å². The summed E-state index contributed by atoms with van der Waals surface area (Å²) >= 11 is 0. The molecular formula is C18H26F3NO4S. The van der Waals surface area contributed by atoms with Crippen molar-refractivity contribution in [3.63, 3.8) is 0 Å². The van der Waals surface area contributed by atoms with Gasteiger partial charge in [0.05, 0.1) is 23.5 Å². The number of rotatable bonds is 6. The van der Waals surface area contributed by atoms with Crippen LogP contribution in [0.1, 0.15) is 57.2 Å². The third-order valence-corrected chi connectivity index (χ3v) is 6.54. The Kier molecular flexibility index (Phi) is 6.94. The van der Waals surface area contributed by atoms with E-state index in [0.717, 1.165) is 18.6 Å². The van der Waals surface area contributed by atoms with Crippen molar-refractivity contribution in [1.82, 2.24) is 4.72 Å². The van der Waals surface area contributed by atoms with Gasteiger partial charge in [0.25, 0.3) is 0 Å². The van der Waals surface area contributed by atoms with Crippen molar-refractivity contribution in [2.75, 3.05) is 13.2 Å². The Morgan fingerprint density at radius 1 is 1.11 bits per heavy atom. The maximum Gasteiger partial charge on any atom is 0.416 e. The van der Waals surface area contributed by atoms with E-state index in [1.54, 1.807) is 20.8 Å². The molecule has 1 N–H and O–H groups in total. The Hall–Kier alpha value is -1.16. The van der Waals surface area contributed by atoms with E-state index in [-0.39, 0.29) is 0 Å². The summed E-state index contributed by atoms with van der Waals surface area (Å²) in [5, 5.41) is 0. The molecule has 0 unspecified atom stereocenters. The molecule has 0 aliphatic carbocycles. The zero-order chi connectivity index (χ0) is 20.3. The minimum Gasteiger partial charge on any atom is -0.353 e. The predicted octanol–water partition coefficient (Wildman–Crippen LogP) is 4.01. The maximum atomic E-state index is 12.8. The molecule has 0 bridgehead atoms. The van der Waals surface area contributed by atoms with Gasteiger partial charge in [-0.05, 0) is 51.3 Å². The average molecular weight is 409 g/mol. The Balaban J connectivity index is 2.20. The molecule has 1 aliphatic rings. The van der Waals surface area contributed by atoms with Crippen LogP contribution < -0.4 is 4.72 Å². The molecule has 0 aromatic heterocycles. The smallest absolute Gasteiger partial charge is 0.353 e. The van der Waals surface area contributed by atoms with Gasteiger partial charge in [0.1, 0.15) is 0 Å². The highest BCUT2D eigenvalue weighted by molar-refractivity contribution is 7.90. The van der Waals surface area contributed by atoms with Crippen LogP contribution in [0.25, 0.3) is 0 Å². The maximum absolute atomic E-state index is 12.8. The van der Waals surface area contributed by atoms with Crippen LogP contribution in [0.4, 0.5) is 13.2 Å². The van der Waals surface area contributed by atoms with Crippen molar-refractivity contribution in [3.05, 3.63) is 35.4 Å². The van der Waals surface area contributed by atoms with Crippen LogP contribution in [0, 0.1) is 0 Å². The van der Waals surface area contributed by atoms with Crippen molar-refractivity contribution in [1.29, 1.82) is 0 Å². The van der Waals surface area contributed by atoms with Crippen molar-refractivity contribution >= 4 is 10.0 Å². The van der Waals surface area contributed by atoms with Crippen LogP contribution in [0.2, 0.25) is 0 Å². The van der Waals surface area contributed by atoms with E-state index >= 15 is 0 Å². The highest BCUT2D eigenvalue weighted by Gasteiger charge is 2.33. The SMILES string of the molecule is CC(C)(C)S(=O)(=O)N[C@@H](CCC1OCCCO1)c1ccc(C(F)(F)F)cc1. The molecule has 9 heteroatoms. The summed E-state index contributed by atoms with van der Waals surface area (Å²) in [6.45, 7) is 5.83. The van der Waals surface area contributed by atoms with Gasteiger partial charge in [-0.3, -0.25) is 0 Å². The van der Waals surface area contributed by atoms with E-state index in [2.05, 4.69) is 4.72 Å². The molecule has 1 heterocycles. The number of nitrogens with one attached hydrogen (secondary N) is 1. The average Bonchev–Trinajstić information content (AvgIpc) is 2.58. The van der Waals surface area contributed by atoms with Gasteiger partial charge in [0, 0.05) is 12.5 Å². The Morgan fingerprint density at radius 3 is 2.15 bits per heavy atom. The van der Waals surface area contributed by atoms with Crippen molar-refractivity contribution in [2.45, 2.75) is 63.3 Å². The minimum absolute atomic E-state index is 0.339. The number of hydrogen-bond donors (Lipinski definition) is 1. The lowest BCUT2D eigenvalue weighted by molar-refractivity contribution is -0.182. The van der Waals surface area contributed by atoms with Crippen LogP contribution in [0.3, 0.4) is 0 Å². The number of halogens is 3. The molecule has 0 saturated carbocycles. The van der Waals surface area contributed by atoms with Crippen molar-refractivity contribution < 1.29 is 31.1 Å². The van der Waals surface area contributed by atoms with E-state index in [0.29, 0.717) is 31.6 Å². The summed E-state index contributed by atoms with van der Waals surface area (Å²) in [4.78, 5) is 0. The zero-order valence-electron chi connectivity index (χ0n) is 15.7. The van der Waals surface area contributed by atoms with Gasteiger partial charge in [0.2, 0.25) is 10.0 Å². The molecule has 1 aromatic rings. The molecule has 0 amide bonds. The standard InChI is InChI=1S/C18H26F3NO4S/c1-17(2,3)27(23,24)22-15(9-10-16-25-11-4-12-26-16)13-5-7-14(8-6-13)18(19,20)21/h5-8,15-16,22H,4,9-12H2,1-3H3/t15-/m0/s1. The summed E-state index contributed by atoms with van der Waals surface area (Å²) in [5.41, 5.74) is -0.311. The third kappa shape index (κ3) is 6.17. The fourth-order valence-electron chi connectivity index (χ4n) is 2.57. The fraction of sp³-hybridized carbons (Fsp3) is 0.667. The Labute approximate surface area is 158 Å². The summed E-state index contributed by atoms with van der Waals surface area (Å²) in [5.74, 6) is 0. The summed E-state index contributed by atoms with van der Waals surface area (Å²) < 4.78 is 76.0. The molecule has 0 spiro atoms. The first-order chi connectivity index (χ1) is 12.4. The molecule has 2 rings (SSSR count). The quantitative estimate of drug-likeness (QED) is 0.771. The van der Waals surface area contributed by atoms with Crippen molar-refractivity contribution in [3.8, 4) is 0 Å². The van der Waals surface area contributed by atoms with Crippen LogP contribution in [0.5, 0.6) is 0 Å². The molecule has 1 aromatic carbocycles. The summed E-state index contributed by atoms with van der Waals surface area (Å²) in [6.07, 6.45) is -3.31. The van der Waals surface area contributed by atoms with E-state index < -0.39 is 38.8 Å². The van der Waals surface area contributed by atoms with Crippen molar-refractivity contribution in [2.24, 2.45) is 0 Å². The topological polar surface area (TPSA) is 64.6 Å². The largest absolute Gasteiger partial charge is 0.416 e. The Bertz CT molecular complexity index is 706. The molecular weight excluding hydrogens is 383 g/mol. The molecule has 1 aliphatic heterocycles. The van der Waals surface area contributed by atoms with Gasteiger partial charge in [-0.15, -0.1) is 0 Å². The van der Waals surface area contributed by atoms with Crippen LogP contribution >= 0.6 is 0 Å². The number of benzene rings is 1. The normalized spacial score (nSPS) is 18.4. The van der Waals surface area contributed by atoms with Gasteiger partial charge < -0.3 is 9.47 Å². The van der Waals surface area contributed by atoms with Gasteiger partial charge in [-0.1, -0.05) is 12.1 Å². The number of alkyl halides is 3. The van der Waals surface area contributed by atoms with Crippen LogP contribution in [-0.2, 0) is 25.7 Å². The first-order valence-electron chi connectivity index (χ1n) is 8.82. The monoisotopic (exact) mass is 409 g/mol. The molecule has 1 atom stereocenters. The zero-order valence-corrected chi connectivity index (χ0v) is 16.5. The van der Waals surface area contributed by atoms with Gasteiger partial charge in [-0.2, -0.15) is 13.2 Å². The second kappa shape index (κ2) is 8.46. The molecule has 27 heavy (non-hydrogen) atoms. The molecule has 1 saturated heterocycles. The second-order valence-electron chi connectivity index (χ2n) is 7.51. The summed E-state index contributed by atoms with van der Waals surface area (Å²) in [7, 11) is -3.69. The number of ether oxygens (including phenoxy) is 2.